The van der Waals surface area contributed by atoms with Crippen molar-refractivity contribution < 1.29 is 4.79 Å². The number of carbonyl (C=O) groups is 1. The van der Waals surface area contributed by atoms with Crippen LogP contribution in [0.1, 0.15) is 59.2 Å². The number of aromatic nitrogens is 3. The van der Waals surface area contributed by atoms with Crippen LogP contribution in [0.15, 0.2) is 24.3 Å². The number of rotatable bonds is 7. The normalized spacial score (nSPS) is 16.3. The number of aryl methyl sites for hydroxylation is 1. The molecule has 1 aromatic carbocycles. The summed E-state index contributed by atoms with van der Waals surface area (Å²) in [4.78, 5) is 14.9. The largest absolute Gasteiger partial charge is 0.349 e. The Balaban J connectivity index is 1.67. The van der Waals surface area contributed by atoms with Crippen molar-refractivity contribution in [1.29, 1.82) is 0 Å². The van der Waals surface area contributed by atoms with Crippen molar-refractivity contribution in [3.05, 3.63) is 46.8 Å². The average molecular weight is 385 g/mol. The summed E-state index contributed by atoms with van der Waals surface area (Å²) in [5.74, 6) is -0.158. The first kappa shape index (κ1) is 20.5. The van der Waals surface area contributed by atoms with E-state index in [1.165, 1.54) is 11.1 Å². The van der Waals surface area contributed by atoms with Crippen LogP contribution >= 0.6 is 0 Å². The number of hydrogen-bond donors (Lipinski definition) is 2. The molecule has 0 aliphatic carbocycles. The monoisotopic (exact) mass is 384 g/mol. The highest BCUT2D eigenvalue weighted by Crippen LogP contribution is 2.21. The van der Waals surface area contributed by atoms with Crippen molar-refractivity contribution in [2.45, 2.75) is 45.2 Å². The Labute approximate surface area is 167 Å². The molecule has 1 fully saturated rings. The SMILES string of the molecule is CCc1ccc(C(CNC(=O)c2nnn(C3CCNCC3)c2C)N(C)C)cc1. The maximum absolute atomic E-state index is 12.8. The van der Waals surface area contributed by atoms with E-state index in [1.807, 2.05) is 25.7 Å². The second-order valence-corrected chi connectivity index (χ2v) is 7.73. The van der Waals surface area contributed by atoms with E-state index in [-0.39, 0.29) is 11.9 Å². The van der Waals surface area contributed by atoms with Gasteiger partial charge in [0, 0.05) is 6.54 Å². The Morgan fingerprint density at radius 2 is 1.96 bits per heavy atom. The maximum atomic E-state index is 12.8. The van der Waals surface area contributed by atoms with Gasteiger partial charge in [-0.15, -0.1) is 5.10 Å². The minimum atomic E-state index is -0.158. The Morgan fingerprint density at radius 3 is 2.57 bits per heavy atom. The third-order valence-electron chi connectivity index (χ3n) is 5.65. The summed E-state index contributed by atoms with van der Waals surface area (Å²) in [5.41, 5.74) is 3.78. The fraction of sp³-hybridized carbons (Fsp3) is 0.571. The number of piperidine rings is 1. The number of hydrogen-bond acceptors (Lipinski definition) is 5. The maximum Gasteiger partial charge on any atom is 0.273 e. The highest BCUT2D eigenvalue weighted by atomic mass is 16.2. The van der Waals surface area contributed by atoms with E-state index in [2.05, 4.69) is 57.0 Å². The third-order valence-corrected chi connectivity index (χ3v) is 5.65. The van der Waals surface area contributed by atoms with E-state index in [0.29, 0.717) is 18.3 Å². The molecule has 0 radical (unpaired) electrons. The van der Waals surface area contributed by atoms with Gasteiger partial charge in [0.05, 0.1) is 17.8 Å². The van der Waals surface area contributed by atoms with Gasteiger partial charge in [-0.25, -0.2) is 4.68 Å². The highest BCUT2D eigenvalue weighted by Gasteiger charge is 2.24. The molecule has 2 aromatic rings. The van der Waals surface area contributed by atoms with E-state index in [0.717, 1.165) is 38.0 Å². The van der Waals surface area contributed by atoms with Gasteiger partial charge < -0.3 is 15.5 Å². The van der Waals surface area contributed by atoms with E-state index in [9.17, 15) is 4.79 Å². The molecular formula is C21H32N6O. The molecule has 1 aliphatic heterocycles. The summed E-state index contributed by atoms with van der Waals surface area (Å²) >= 11 is 0. The number of amides is 1. The molecule has 0 saturated carbocycles. The molecule has 152 valence electrons. The van der Waals surface area contributed by atoms with E-state index in [1.54, 1.807) is 0 Å². The van der Waals surface area contributed by atoms with Gasteiger partial charge in [-0.05, 0) is 64.5 Å². The van der Waals surface area contributed by atoms with E-state index < -0.39 is 0 Å². The summed E-state index contributed by atoms with van der Waals surface area (Å²) < 4.78 is 1.92. The molecule has 1 atom stereocenters. The molecule has 7 heteroatoms. The van der Waals surface area contributed by atoms with Crippen LogP contribution in [0.4, 0.5) is 0 Å². The predicted molar refractivity (Wildman–Crippen MR) is 110 cm³/mol. The number of benzene rings is 1. The van der Waals surface area contributed by atoms with Crippen LogP contribution in [0, 0.1) is 6.92 Å². The molecule has 1 unspecified atom stereocenters. The zero-order valence-corrected chi connectivity index (χ0v) is 17.4. The van der Waals surface area contributed by atoms with Crippen LogP contribution in [0.25, 0.3) is 0 Å². The molecule has 3 rings (SSSR count). The standard InChI is InChI=1S/C21H32N6O/c1-5-16-6-8-17(9-7-16)19(26(3)4)14-23-21(28)20-15(2)27(25-24-20)18-10-12-22-13-11-18/h6-9,18-19,22H,5,10-14H2,1-4H3,(H,23,28). The summed E-state index contributed by atoms with van der Waals surface area (Å²) in [5, 5.41) is 14.9. The quantitative estimate of drug-likeness (QED) is 0.765. The zero-order valence-electron chi connectivity index (χ0n) is 17.4. The second-order valence-electron chi connectivity index (χ2n) is 7.73. The van der Waals surface area contributed by atoms with Gasteiger partial charge in [0.15, 0.2) is 5.69 Å². The first-order valence-corrected chi connectivity index (χ1v) is 10.2. The molecule has 0 spiro atoms. The van der Waals surface area contributed by atoms with Crippen molar-refractivity contribution in [1.82, 2.24) is 30.5 Å². The molecule has 2 heterocycles. The van der Waals surface area contributed by atoms with Crippen molar-refractivity contribution in [3.63, 3.8) is 0 Å². The first-order valence-electron chi connectivity index (χ1n) is 10.2. The minimum Gasteiger partial charge on any atom is -0.349 e. The van der Waals surface area contributed by atoms with Crippen LogP contribution in [0.3, 0.4) is 0 Å². The molecular weight excluding hydrogens is 352 g/mol. The Morgan fingerprint density at radius 1 is 1.29 bits per heavy atom. The number of nitrogens with one attached hydrogen (secondary N) is 2. The lowest BCUT2D eigenvalue weighted by Crippen LogP contribution is -2.35. The summed E-state index contributed by atoms with van der Waals surface area (Å²) in [6.07, 6.45) is 3.05. The second kappa shape index (κ2) is 9.30. The van der Waals surface area contributed by atoms with Crippen molar-refractivity contribution >= 4 is 5.91 Å². The van der Waals surface area contributed by atoms with Gasteiger partial charge in [-0.1, -0.05) is 36.4 Å². The molecule has 1 aromatic heterocycles. The highest BCUT2D eigenvalue weighted by molar-refractivity contribution is 5.93. The molecule has 1 amide bonds. The van der Waals surface area contributed by atoms with Crippen LogP contribution in [0.2, 0.25) is 0 Å². The topological polar surface area (TPSA) is 75.1 Å². The molecule has 7 nitrogen and oxygen atoms in total. The summed E-state index contributed by atoms with van der Waals surface area (Å²) in [7, 11) is 4.06. The first-order chi connectivity index (χ1) is 13.5. The van der Waals surface area contributed by atoms with Crippen LogP contribution < -0.4 is 10.6 Å². The molecule has 1 aliphatic rings. The average Bonchev–Trinajstić information content (AvgIpc) is 3.10. The summed E-state index contributed by atoms with van der Waals surface area (Å²) in [6.45, 7) is 6.57. The van der Waals surface area contributed by atoms with Crippen LogP contribution in [-0.4, -0.2) is 59.5 Å². The van der Waals surface area contributed by atoms with Crippen LogP contribution in [0.5, 0.6) is 0 Å². The number of carbonyl (C=O) groups excluding carboxylic acids is 1. The van der Waals surface area contributed by atoms with Gasteiger partial charge in [0.1, 0.15) is 0 Å². The molecule has 1 saturated heterocycles. The predicted octanol–water partition coefficient (Wildman–Crippen LogP) is 2.11. The van der Waals surface area contributed by atoms with Crippen molar-refractivity contribution in [2.75, 3.05) is 33.7 Å². The Kier molecular flexibility index (Phi) is 6.80. The number of nitrogens with zero attached hydrogens (tertiary/aromatic N) is 4. The number of likely N-dealkylation sites (N-methyl/N-ethyl adjacent to an activating group) is 1. The van der Waals surface area contributed by atoms with E-state index in [4.69, 9.17) is 0 Å². The molecule has 28 heavy (non-hydrogen) atoms. The van der Waals surface area contributed by atoms with Crippen molar-refractivity contribution in [3.8, 4) is 0 Å². The van der Waals surface area contributed by atoms with Crippen LogP contribution in [-0.2, 0) is 6.42 Å². The fourth-order valence-electron chi connectivity index (χ4n) is 3.80. The van der Waals surface area contributed by atoms with Gasteiger partial charge in [-0.2, -0.15) is 0 Å². The fourth-order valence-corrected chi connectivity index (χ4v) is 3.80. The zero-order chi connectivity index (χ0) is 20.1. The summed E-state index contributed by atoms with van der Waals surface area (Å²) in [6, 6.07) is 9.03. The lowest BCUT2D eigenvalue weighted by molar-refractivity contribution is 0.0936. The lowest BCUT2D eigenvalue weighted by Gasteiger charge is -2.25. The van der Waals surface area contributed by atoms with Gasteiger partial charge in [0.25, 0.3) is 5.91 Å². The van der Waals surface area contributed by atoms with Gasteiger partial charge in [-0.3, -0.25) is 4.79 Å². The van der Waals surface area contributed by atoms with Crippen molar-refractivity contribution in [2.24, 2.45) is 0 Å². The van der Waals surface area contributed by atoms with Gasteiger partial charge >= 0.3 is 0 Å². The third kappa shape index (κ3) is 4.59. The molecule has 0 bridgehead atoms. The Bertz CT molecular complexity index is 777. The Hall–Kier alpha value is -2.25. The van der Waals surface area contributed by atoms with Gasteiger partial charge in [0.2, 0.25) is 0 Å². The minimum absolute atomic E-state index is 0.106. The van der Waals surface area contributed by atoms with E-state index >= 15 is 0 Å². The lowest BCUT2D eigenvalue weighted by atomic mass is 10.0. The smallest absolute Gasteiger partial charge is 0.273 e. The molecule has 2 N–H and O–H groups in total.